The highest BCUT2D eigenvalue weighted by atomic mass is 35.5. The van der Waals surface area contributed by atoms with Crippen molar-refractivity contribution < 1.29 is 13.9 Å². The third-order valence-corrected chi connectivity index (χ3v) is 6.14. The molecule has 1 amide bonds. The zero-order valence-corrected chi connectivity index (χ0v) is 20.3. The van der Waals surface area contributed by atoms with E-state index in [1.54, 1.807) is 37.4 Å². The van der Waals surface area contributed by atoms with Gasteiger partial charge in [-0.3, -0.25) is 10.1 Å². The molecule has 6 nitrogen and oxygen atoms in total. The van der Waals surface area contributed by atoms with Gasteiger partial charge in [-0.1, -0.05) is 29.3 Å². The average Bonchev–Trinajstić information content (AvgIpc) is 3.18. The van der Waals surface area contributed by atoms with Crippen molar-refractivity contribution in [2.45, 2.75) is 13.8 Å². The molecule has 0 aliphatic carbocycles. The summed E-state index contributed by atoms with van der Waals surface area (Å²) >= 11 is 17.4. The van der Waals surface area contributed by atoms with Crippen LogP contribution in [0.4, 0.5) is 5.69 Å². The fourth-order valence-corrected chi connectivity index (χ4v) is 3.83. The van der Waals surface area contributed by atoms with Crippen molar-refractivity contribution >= 4 is 63.2 Å². The van der Waals surface area contributed by atoms with Crippen LogP contribution in [-0.4, -0.2) is 23.1 Å². The summed E-state index contributed by atoms with van der Waals surface area (Å²) in [5, 5.41) is 6.09. The van der Waals surface area contributed by atoms with Gasteiger partial charge in [0.1, 0.15) is 11.3 Å². The van der Waals surface area contributed by atoms with E-state index in [-0.39, 0.29) is 20.7 Å². The minimum absolute atomic E-state index is 0.0651. The molecule has 0 radical (unpaired) electrons. The molecular weight excluding hydrogens is 481 g/mol. The van der Waals surface area contributed by atoms with Crippen LogP contribution in [0.5, 0.6) is 5.75 Å². The van der Waals surface area contributed by atoms with Crippen LogP contribution in [0, 0.1) is 13.8 Å². The van der Waals surface area contributed by atoms with E-state index in [1.165, 1.54) is 0 Å². The minimum atomic E-state index is -0.486. The molecule has 3 aromatic carbocycles. The monoisotopic (exact) mass is 499 g/mol. The van der Waals surface area contributed by atoms with Gasteiger partial charge < -0.3 is 14.5 Å². The van der Waals surface area contributed by atoms with Crippen molar-refractivity contribution in [2.24, 2.45) is 0 Å². The van der Waals surface area contributed by atoms with Crippen LogP contribution in [0.15, 0.2) is 52.9 Å². The van der Waals surface area contributed by atoms with Crippen LogP contribution in [0.25, 0.3) is 22.6 Å². The van der Waals surface area contributed by atoms with E-state index in [2.05, 4.69) is 15.6 Å². The van der Waals surface area contributed by atoms with Crippen LogP contribution in [0.1, 0.15) is 21.5 Å². The maximum Gasteiger partial charge on any atom is 0.258 e. The molecule has 33 heavy (non-hydrogen) atoms. The number of thiocarbonyl (C=S) groups is 1. The molecule has 1 heterocycles. The first-order valence-electron chi connectivity index (χ1n) is 9.89. The third-order valence-electron chi connectivity index (χ3n) is 5.12. The Morgan fingerprint density at radius 2 is 1.85 bits per heavy atom. The minimum Gasteiger partial charge on any atom is -0.495 e. The predicted octanol–water partition coefficient (Wildman–Crippen LogP) is 6.55. The standard InChI is InChI=1S/C24H19Cl2N3O3S/c1-12-9-17-20(10-13(12)2)32-23(27-17)14-7-8-19(31-3)18(11-14)28-24(33)29-22(30)15-5-4-6-16(25)21(15)26/h4-11H,1-3H3,(H2,28,29,30,33). The first-order chi connectivity index (χ1) is 15.8. The number of methoxy groups -OCH3 is 1. The van der Waals surface area contributed by atoms with Gasteiger partial charge >= 0.3 is 0 Å². The summed E-state index contributed by atoms with van der Waals surface area (Å²) in [6.07, 6.45) is 0. The highest BCUT2D eigenvalue weighted by molar-refractivity contribution is 7.80. The van der Waals surface area contributed by atoms with Gasteiger partial charge in [0.2, 0.25) is 5.89 Å². The molecule has 0 fully saturated rings. The number of fused-ring (bicyclic) bond motifs is 1. The van der Waals surface area contributed by atoms with Gasteiger partial charge in [0.25, 0.3) is 5.91 Å². The zero-order chi connectivity index (χ0) is 23.7. The van der Waals surface area contributed by atoms with Gasteiger partial charge in [0.05, 0.1) is 28.4 Å². The highest BCUT2D eigenvalue weighted by Gasteiger charge is 2.16. The Bertz CT molecular complexity index is 1360. The molecule has 2 N–H and O–H groups in total. The van der Waals surface area contributed by atoms with Gasteiger partial charge in [-0.25, -0.2) is 4.98 Å². The molecular formula is C24H19Cl2N3O3S. The van der Waals surface area contributed by atoms with Gasteiger partial charge in [-0.05, 0) is 79.7 Å². The van der Waals surface area contributed by atoms with Crippen molar-refractivity contribution in [2.75, 3.05) is 12.4 Å². The molecule has 0 aliphatic rings. The number of anilines is 1. The summed E-state index contributed by atoms with van der Waals surface area (Å²) in [7, 11) is 1.54. The van der Waals surface area contributed by atoms with Crippen molar-refractivity contribution in [3.05, 3.63) is 75.3 Å². The second kappa shape index (κ2) is 9.39. The molecule has 0 unspecified atom stereocenters. The fraction of sp³-hybridized carbons (Fsp3) is 0.125. The van der Waals surface area contributed by atoms with Crippen LogP contribution in [-0.2, 0) is 0 Å². The van der Waals surface area contributed by atoms with Gasteiger partial charge in [0.15, 0.2) is 10.7 Å². The molecule has 168 valence electrons. The number of amides is 1. The largest absolute Gasteiger partial charge is 0.495 e. The maximum absolute atomic E-state index is 12.6. The van der Waals surface area contributed by atoms with Crippen LogP contribution in [0.2, 0.25) is 10.0 Å². The number of hydrogen-bond acceptors (Lipinski definition) is 5. The number of ether oxygens (including phenoxy) is 1. The van der Waals surface area contributed by atoms with E-state index in [0.29, 0.717) is 22.9 Å². The lowest BCUT2D eigenvalue weighted by molar-refractivity contribution is 0.0978. The van der Waals surface area contributed by atoms with Crippen molar-refractivity contribution in [1.82, 2.24) is 10.3 Å². The Hall–Kier alpha value is -3.13. The van der Waals surface area contributed by atoms with Crippen LogP contribution in [0.3, 0.4) is 0 Å². The van der Waals surface area contributed by atoms with E-state index in [1.807, 2.05) is 32.0 Å². The number of benzene rings is 3. The van der Waals surface area contributed by atoms with Crippen molar-refractivity contribution in [1.29, 1.82) is 0 Å². The molecule has 4 rings (SSSR count). The smallest absolute Gasteiger partial charge is 0.258 e. The Labute approximate surface area is 205 Å². The molecule has 0 bridgehead atoms. The molecule has 4 aromatic rings. The summed E-state index contributed by atoms with van der Waals surface area (Å²) in [5.41, 5.74) is 5.22. The number of rotatable bonds is 4. The lowest BCUT2D eigenvalue weighted by Crippen LogP contribution is -2.34. The molecule has 0 saturated carbocycles. The number of carbonyl (C=O) groups excluding carboxylic acids is 1. The second-order valence-corrected chi connectivity index (χ2v) is 8.54. The van der Waals surface area contributed by atoms with E-state index in [9.17, 15) is 4.79 Å². The summed E-state index contributed by atoms with van der Waals surface area (Å²) in [6, 6.07) is 14.1. The summed E-state index contributed by atoms with van der Waals surface area (Å²) in [6.45, 7) is 4.06. The van der Waals surface area contributed by atoms with E-state index in [0.717, 1.165) is 22.2 Å². The number of carbonyl (C=O) groups is 1. The van der Waals surface area contributed by atoms with Gasteiger partial charge in [-0.15, -0.1) is 0 Å². The Morgan fingerprint density at radius 3 is 2.61 bits per heavy atom. The normalized spacial score (nSPS) is 10.8. The molecule has 9 heteroatoms. The zero-order valence-electron chi connectivity index (χ0n) is 18.0. The first kappa shape index (κ1) is 23.0. The van der Waals surface area contributed by atoms with E-state index >= 15 is 0 Å². The number of hydrogen-bond donors (Lipinski definition) is 2. The SMILES string of the molecule is COc1ccc(-c2nc3cc(C)c(C)cc3o2)cc1NC(=S)NC(=O)c1cccc(Cl)c1Cl. The topological polar surface area (TPSA) is 76.4 Å². The molecule has 0 saturated heterocycles. The highest BCUT2D eigenvalue weighted by Crippen LogP contribution is 2.32. The second-order valence-electron chi connectivity index (χ2n) is 7.35. The lowest BCUT2D eigenvalue weighted by Gasteiger charge is -2.14. The van der Waals surface area contributed by atoms with Gasteiger partial charge in [-0.2, -0.15) is 0 Å². The van der Waals surface area contributed by atoms with Crippen molar-refractivity contribution in [3.8, 4) is 17.2 Å². The van der Waals surface area contributed by atoms with Crippen LogP contribution >= 0.6 is 35.4 Å². The molecule has 0 spiro atoms. The van der Waals surface area contributed by atoms with E-state index in [4.69, 9.17) is 44.6 Å². The third kappa shape index (κ3) is 4.80. The number of aryl methyl sites for hydroxylation is 2. The number of aromatic nitrogens is 1. The number of halogens is 2. The van der Waals surface area contributed by atoms with Crippen molar-refractivity contribution in [3.63, 3.8) is 0 Å². The predicted molar refractivity (Wildman–Crippen MR) is 136 cm³/mol. The maximum atomic E-state index is 12.6. The number of nitrogens with zero attached hydrogens (tertiary/aromatic N) is 1. The fourth-order valence-electron chi connectivity index (χ4n) is 3.25. The molecule has 0 aliphatic heterocycles. The Balaban J connectivity index is 1.59. The molecule has 0 atom stereocenters. The van der Waals surface area contributed by atoms with E-state index < -0.39 is 5.91 Å². The lowest BCUT2D eigenvalue weighted by atomic mass is 10.1. The first-order valence-corrected chi connectivity index (χ1v) is 11.1. The summed E-state index contributed by atoms with van der Waals surface area (Å²) < 4.78 is 11.4. The van der Waals surface area contributed by atoms with Crippen LogP contribution < -0.4 is 15.4 Å². The number of nitrogens with one attached hydrogen (secondary N) is 2. The Kier molecular flexibility index (Phi) is 6.56. The van der Waals surface area contributed by atoms with Gasteiger partial charge in [0, 0.05) is 5.56 Å². The molecule has 1 aromatic heterocycles. The summed E-state index contributed by atoms with van der Waals surface area (Å²) in [5.74, 6) is 0.500. The quantitative estimate of drug-likeness (QED) is 0.310. The summed E-state index contributed by atoms with van der Waals surface area (Å²) in [4.78, 5) is 17.2. The average molecular weight is 500 g/mol. The Morgan fingerprint density at radius 1 is 1.09 bits per heavy atom. The number of oxazole rings is 1.